The van der Waals surface area contributed by atoms with E-state index < -0.39 is 0 Å². The fourth-order valence-electron chi connectivity index (χ4n) is 3.83. The van der Waals surface area contributed by atoms with Crippen molar-refractivity contribution in [2.45, 2.75) is 39.7 Å². The van der Waals surface area contributed by atoms with Crippen LogP contribution in [0.2, 0.25) is 0 Å². The summed E-state index contributed by atoms with van der Waals surface area (Å²) in [5, 5.41) is 6.21. The number of piperidine rings is 1. The van der Waals surface area contributed by atoms with Gasteiger partial charge in [-0.3, -0.25) is 14.5 Å². The predicted molar refractivity (Wildman–Crippen MR) is 118 cm³/mol. The Labute approximate surface area is 182 Å². The molecule has 1 unspecified atom stereocenters. The Hall–Kier alpha value is -2.25. The van der Waals surface area contributed by atoms with Crippen LogP contribution < -0.4 is 5.32 Å². The molecule has 3 rings (SSSR count). The fraction of sp³-hybridized carbons (Fsp3) is 0.522. The van der Waals surface area contributed by atoms with Crippen molar-refractivity contribution < 1.29 is 14.3 Å². The van der Waals surface area contributed by atoms with Gasteiger partial charge in [-0.1, -0.05) is 30.3 Å². The Bertz CT molecular complexity index is 816. The zero-order valence-electron chi connectivity index (χ0n) is 17.8. The molecule has 0 spiro atoms. The zero-order valence-corrected chi connectivity index (χ0v) is 18.6. The van der Waals surface area contributed by atoms with Crippen molar-refractivity contribution in [3.05, 3.63) is 52.0 Å². The number of nitrogens with one attached hydrogen (secondary N) is 1. The third-order valence-electron chi connectivity index (χ3n) is 5.48. The normalized spacial score (nSPS) is 16.2. The van der Waals surface area contributed by atoms with E-state index in [0.717, 1.165) is 48.7 Å². The monoisotopic (exact) mass is 429 g/mol. The summed E-state index contributed by atoms with van der Waals surface area (Å²) in [6.45, 7) is 7.10. The molecule has 1 fully saturated rings. The number of likely N-dealkylation sites (tertiary alicyclic amines) is 1. The first-order chi connectivity index (χ1) is 14.5. The Balaban J connectivity index is 1.47. The van der Waals surface area contributed by atoms with E-state index >= 15 is 0 Å². The summed E-state index contributed by atoms with van der Waals surface area (Å²) >= 11 is 1.67. The summed E-state index contributed by atoms with van der Waals surface area (Å²) in [6.07, 6.45) is 2.22. The molecule has 6 nitrogen and oxygen atoms in total. The molecular weight excluding hydrogens is 398 g/mol. The topological polar surface area (TPSA) is 71.5 Å². The summed E-state index contributed by atoms with van der Waals surface area (Å²) in [5.74, 6) is -0.584. The number of esters is 1. The highest BCUT2D eigenvalue weighted by Gasteiger charge is 2.27. The molecule has 1 aromatic carbocycles. The zero-order chi connectivity index (χ0) is 21.3. The first kappa shape index (κ1) is 22.4. The number of carbonyl (C=O) groups is 2. The number of aryl methyl sites for hydroxylation is 1. The minimum absolute atomic E-state index is 0.00186. The molecule has 0 bridgehead atoms. The van der Waals surface area contributed by atoms with Crippen LogP contribution in [0, 0.1) is 18.8 Å². The van der Waals surface area contributed by atoms with Crippen molar-refractivity contribution in [2.75, 3.05) is 26.2 Å². The molecule has 2 heterocycles. The van der Waals surface area contributed by atoms with Crippen LogP contribution in [0.1, 0.15) is 36.0 Å². The van der Waals surface area contributed by atoms with E-state index in [1.165, 1.54) is 0 Å². The number of rotatable bonds is 9. The van der Waals surface area contributed by atoms with Gasteiger partial charge in [0.15, 0.2) is 0 Å². The van der Waals surface area contributed by atoms with Crippen LogP contribution >= 0.6 is 11.3 Å². The maximum atomic E-state index is 12.7. The molecule has 1 saturated heterocycles. The Morgan fingerprint density at radius 1 is 1.27 bits per heavy atom. The number of hydrogen-bond donors (Lipinski definition) is 1. The van der Waals surface area contributed by atoms with Gasteiger partial charge in [0.1, 0.15) is 0 Å². The number of nitrogens with zero attached hydrogens (tertiary/aromatic N) is 2. The quantitative estimate of drug-likeness (QED) is 0.620. The lowest BCUT2D eigenvalue weighted by molar-refractivity contribution is -0.148. The fourth-order valence-corrected chi connectivity index (χ4v) is 4.43. The average molecular weight is 430 g/mol. The molecule has 1 aliphatic rings. The highest BCUT2D eigenvalue weighted by molar-refractivity contribution is 7.09. The number of thiazole rings is 1. The third kappa shape index (κ3) is 6.64. The van der Waals surface area contributed by atoms with Crippen LogP contribution in [-0.4, -0.2) is 48.0 Å². The Kier molecular flexibility index (Phi) is 8.39. The van der Waals surface area contributed by atoms with Gasteiger partial charge in [0.2, 0.25) is 5.91 Å². The summed E-state index contributed by atoms with van der Waals surface area (Å²) in [5.41, 5.74) is 2.17. The van der Waals surface area contributed by atoms with Crippen molar-refractivity contribution in [1.29, 1.82) is 0 Å². The van der Waals surface area contributed by atoms with Gasteiger partial charge in [-0.05, 0) is 51.8 Å². The third-order valence-corrected chi connectivity index (χ3v) is 6.30. The van der Waals surface area contributed by atoms with Gasteiger partial charge in [-0.25, -0.2) is 4.98 Å². The molecule has 1 aromatic heterocycles. The Morgan fingerprint density at radius 2 is 2.00 bits per heavy atom. The number of hydrogen-bond acceptors (Lipinski definition) is 6. The molecule has 1 atom stereocenters. The van der Waals surface area contributed by atoms with E-state index in [4.69, 9.17) is 4.74 Å². The van der Waals surface area contributed by atoms with Crippen molar-refractivity contribution in [3.63, 3.8) is 0 Å². The van der Waals surface area contributed by atoms with Crippen LogP contribution in [0.15, 0.2) is 35.7 Å². The van der Waals surface area contributed by atoms with E-state index in [2.05, 4.69) is 20.6 Å². The highest BCUT2D eigenvalue weighted by atomic mass is 32.1. The summed E-state index contributed by atoms with van der Waals surface area (Å²) in [4.78, 5) is 32.0. The second kappa shape index (κ2) is 11.2. The largest absolute Gasteiger partial charge is 0.466 e. The molecule has 30 heavy (non-hydrogen) atoms. The standard InChI is InChI=1S/C23H31N3O3S/c1-3-29-23(28)20(13-18-7-5-4-6-8-18)14-24-22(27)19-9-11-26(12-10-19)15-21-16-30-17(2)25-21/h4-8,16,19-20H,3,9-15H2,1-2H3,(H,24,27). The van der Waals surface area contributed by atoms with Crippen LogP contribution in [0.3, 0.4) is 0 Å². The van der Waals surface area contributed by atoms with Gasteiger partial charge in [-0.15, -0.1) is 11.3 Å². The molecule has 0 radical (unpaired) electrons. The summed E-state index contributed by atoms with van der Waals surface area (Å²) in [7, 11) is 0. The number of aromatic nitrogens is 1. The smallest absolute Gasteiger partial charge is 0.311 e. The van der Waals surface area contributed by atoms with Gasteiger partial charge in [0.05, 0.1) is 23.2 Å². The van der Waals surface area contributed by atoms with Crippen molar-refractivity contribution in [2.24, 2.45) is 11.8 Å². The lowest BCUT2D eigenvalue weighted by Gasteiger charge is -2.31. The van der Waals surface area contributed by atoms with Crippen molar-refractivity contribution >= 4 is 23.2 Å². The molecule has 0 aliphatic carbocycles. The van der Waals surface area contributed by atoms with Crippen LogP contribution in [0.25, 0.3) is 0 Å². The highest BCUT2D eigenvalue weighted by Crippen LogP contribution is 2.20. The molecule has 1 N–H and O–H groups in total. The van der Waals surface area contributed by atoms with Crippen molar-refractivity contribution in [3.8, 4) is 0 Å². The first-order valence-corrected chi connectivity index (χ1v) is 11.5. The van der Waals surface area contributed by atoms with Gasteiger partial charge < -0.3 is 10.1 Å². The van der Waals surface area contributed by atoms with Gasteiger partial charge in [0.25, 0.3) is 0 Å². The predicted octanol–water partition coefficient (Wildman–Crippen LogP) is 3.20. The number of carbonyl (C=O) groups excluding carboxylic acids is 2. The SMILES string of the molecule is CCOC(=O)C(CNC(=O)C1CCN(Cc2csc(C)n2)CC1)Cc1ccccc1. The maximum Gasteiger partial charge on any atom is 0.311 e. The lowest BCUT2D eigenvalue weighted by Crippen LogP contribution is -2.42. The minimum Gasteiger partial charge on any atom is -0.466 e. The van der Waals surface area contributed by atoms with E-state index in [0.29, 0.717) is 19.6 Å². The molecule has 1 amide bonds. The molecule has 1 aliphatic heterocycles. The van der Waals surface area contributed by atoms with Gasteiger partial charge in [-0.2, -0.15) is 0 Å². The maximum absolute atomic E-state index is 12.7. The van der Waals surface area contributed by atoms with Crippen LogP contribution in [-0.2, 0) is 27.3 Å². The average Bonchev–Trinajstić information content (AvgIpc) is 3.16. The van der Waals surface area contributed by atoms with Gasteiger partial charge in [0, 0.05) is 24.4 Å². The molecule has 0 saturated carbocycles. The van der Waals surface area contributed by atoms with E-state index in [9.17, 15) is 9.59 Å². The number of benzene rings is 1. The summed E-state index contributed by atoms with van der Waals surface area (Å²) < 4.78 is 5.22. The number of ether oxygens (including phenoxy) is 1. The molecule has 162 valence electrons. The second-order valence-corrected chi connectivity index (χ2v) is 8.85. The minimum atomic E-state index is -0.371. The van der Waals surface area contributed by atoms with E-state index in [1.54, 1.807) is 18.3 Å². The molecule has 2 aromatic rings. The van der Waals surface area contributed by atoms with E-state index in [1.807, 2.05) is 37.3 Å². The molecular formula is C23H31N3O3S. The Morgan fingerprint density at radius 3 is 2.63 bits per heavy atom. The number of amides is 1. The molecule has 7 heteroatoms. The van der Waals surface area contributed by atoms with Gasteiger partial charge >= 0.3 is 5.97 Å². The first-order valence-electron chi connectivity index (χ1n) is 10.7. The summed E-state index contributed by atoms with van der Waals surface area (Å²) in [6, 6.07) is 9.85. The van der Waals surface area contributed by atoms with Crippen LogP contribution in [0.4, 0.5) is 0 Å². The second-order valence-electron chi connectivity index (χ2n) is 7.79. The van der Waals surface area contributed by atoms with E-state index in [-0.39, 0.29) is 23.7 Å². The lowest BCUT2D eigenvalue weighted by atomic mass is 9.94. The van der Waals surface area contributed by atoms with Crippen LogP contribution in [0.5, 0.6) is 0 Å². The van der Waals surface area contributed by atoms with Crippen molar-refractivity contribution in [1.82, 2.24) is 15.2 Å².